The van der Waals surface area contributed by atoms with Gasteiger partial charge in [-0.05, 0) is 32.9 Å². The first kappa shape index (κ1) is 18.0. The van der Waals surface area contributed by atoms with Crippen molar-refractivity contribution in [2.75, 3.05) is 0 Å². The Morgan fingerprint density at radius 3 is 2.40 bits per heavy atom. The van der Waals surface area contributed by atoms with Crippen LogP contribution in [0.3, 0.4) is 0 Å². The van der Waals surface area contributed by atoms with E-state index >= 15 is 0 Å². The number of carbonyl (C=O) groups is 1. The van der Waals surface area contributed by atoms with Crippen molar-refractivity contribution in [3.05, 3.63) is 73.4 Å². The van der Waals surface area contributed by atoms with Gasteiger partial charge in [0.25, 0.3) is 17.3 Å². The lowest BCUT2D eigenvalue weighted by molar-refractivity contribution is -0.394. The lowest BCUT2D eigenvalue weighted by Crippen LogP contribution is -2.28. The summed E-state index contributed by atoms with van der Waals surface area (Å²) in [4.78, 5) is 37.9. The smallest absolute Gasteiger partial charge is 0.268 e. The van der Waals surface area contributed by atoms with Crippen molar-refractivity contribution in [1.29, 1.82) is 0 Å². The van der Waals surface area contributed by atoms with Gasteiger partial charge < -0.3 is 0 Å². The van der Waals surface area contributed by atoms with Crippen molar-refractivity contribution in [3.63, 3.8) is 0 Å². The molecule has 130 valence electrons. The van der Waals surface area contributed by atoms with E-state index in [1.807, 2.05) is 13.8 Å². The van der Waals surface area contributed by atoms with Gasteiger partial charge in [-0.15, -0.1) is 0 Å². The van der Waals surface area contributed by atoms with Gasteiger partial charge in [-0.25, -0.2) is 0 Å². The van der Waals surface area contributed by atoms with E-state index in [4.69, 9.17) is 0 Å². The number of non-ortho nitro benzene ring substituents is 1. The van der Waals surface area contributed by atoms with Crippen molar-refractivity contribution in [2.24, 2.45) is 4.99 Å². The molecule has 0 unspecified atom stereocenters. The Bertz CT molecular complexity index is 930. The number of hydrogen-bond acceptors (Lipinski definition) is 6. The Kier molecular flexibility index (Phi) is 5.06. The van der Waals surface area contributed by atoms with Crippen LogP contribution in [0.15, 0.2) is 41.5 Å². The molecule has 9 heteroatoms. The number of nitro groups is 2. The Hall–Kier alpha value is -3.36. The molecule has 2 rings (SSSR count). The van der Waals surface area contributed by atoms with E-state index in [1.165, 1.54) is 17.7 Å². The average molecular weight is 344 g/mol. The van der Waals surface area contributed by atoms with Gasteiger partial charge in [0.2, 0.25) is 0 Å². The molecular formula is C16H16N4O5. The molecule has 1 aromatic heterocycles. The summed E-state index contributed by atoms with van der Waals surface area (Å²) < 4.78 is 1.22. The largest absolute Gasteiger partial charge is 0.279 e. The fourth-order valence-corrected chi connectivity index (χ4v) is 2.31. The van der Waals surface area contributed by atoms with E-state index < -0.39 is 27.1 Å². The van der Waals surface area contributed by atoms with Crippen LogP contribution in [-0.2, 0) is 0 Å². The van der Waals surface area contributed by atoms with Gasteiger partial charge in [0.1, 0.15) is 5.49 Å². The van der Waals surface area contributed by atoms with Crippen LogP contribution in [0.5, 0.6) is 0 Å². The summed E-state index contributed by atoms with van der Waals surface area (Å²) in [7, 11) is 0. The Morgan fingerprint density at radius 1 is 1.16 bits per heavy atom. The van der Waals surface area contributed by atoms with E-state index in [9.17, 15) is 25.0 Å². The Morgan fingerprint density at radius 2 is 1.84 bits per heavy atom. The first-order chi connectivity index (χ1) is 11.7. The number of nitro benzene ring substituents is 2. The van der Waals surface area contributed by atoms with Crippen molar-refractivity contribution in [1.82, 2.24) is 4.57 Å². The van der Waals surface area contributed by atoms with Gasteiger partial charge >= 0.3 is 0 Å². The van der Waals surface area contributed by atoms with E-state index in [-0.39, 0.29) is 17.2 Å². The molecule has 1 heterocycles. The predicted molar refractivity (Wildman–Crippen MR) is 89.3 cm³/mol. The zero-order chi connectivity index (χ0) is 18.7. The third-order valence-corrected chi connectivity index (χ3v) is 3.45. The lowest BCUT2D eigenvalue weighted by Gasteiger charge is -2.09. The maximum atomic E-state index is 12.9. The van der Waals surface area contributed by atoms with E-state index in [0.717, 1.165) is 12.1 Å². The summed E-state index contributed by atoms with van der Waals surface area (Å²) in [6, 6.07) is 6.75. The van der Waals surface area contributed by atoms with Gasteiger partial charge in [-0.3, -0.25) is 34.6 Å². The maximum absolute atomic E-state index is 12.9. The number of pyridine rings is 1. The summed E-state index contributed by atoms with van der Waals surface area (Å²) in [5, 5.41) is 22.2. The number of nitrogens with zero attached hydrogens (tertiary/aromatic N) is 4. The fourth-order valence-electron chi connectivity index (χ4n) is 2.31. The van der Waals surface area contributed by atoms with Gasteiger partial charge in [-0.1, -0.05) is 6.07 Å². The van der Waals surface area contributed by atoms with Crippen molar-refractivity contribution < 1.29 is 14.6 Å². The molecule has 9 nitrogen and oxygen atoms in total. The Labute approximate surface area is 142 Å². The number of hydrogen-bond donors (Lipinski definition) is 0. The van der Waals surface area contributed by atoms with Gasteiger partial charge in [0.15, 0.2) is 0 Å². The molecule has 0 amide bonds. The monoisotopic (exact) mass is 344 g/mol. The van der Waals surface area contributed by atoms with Crippen molar-refractivity contribution >= 4 is 17.3 Å². The average Bonchev–Trinajstić information content (AvgIpc) is 2.53. The number of aromatic nitrogens is 1. The summed E-state index contributed by atoms with van der Waals surface area (Å²) in [6.45, 7) is 5.06. The van der Waals surface area contributed by atoms with Crippen molar-refractivity contribution in [2.45, 2.75) is 26.8 Å². The zero-order valence-electron chi connectivity index (χ0n) is 13.9. The van der Waals surface area contributed by atoms with Gasteiger partial charge in [0.05, 0.1) is 21.5 Å². The van der Waals surface area contributed by atoms with Crippen LogP contribution >= 0.6 is 0 Å². The van der Waals surface area contributed by atoms with Gasteiger partial charge in [-0.2, -0.15) is 0 Å². The maximum Gasteiger partial charge on any atom is 0.279 e. The minimum Gasteiger partial charge on any atom is -0.268 e. The highest BCUT2D eigenvalue weighted by Crippen LogP contribution is 2.28. The van der Waals surface area contributed by atoms with E-state index in [2.05, 4.69) is 4.99 Å². The van der Waals surface area contributed by atoms with E-state index in [1.54, 1.807) is 18.2 Å². The molecule has 25 heavy (non-hydrogen) atoms. The molecule has 0 N–H and O–H groups in total. The van der Waals surface area contributed by atoms with Crippen LogP contribution in [0.4, 0.5) is 11.4 Å². The number of benzene rings is 1. The molecule has 0 aliphatic rings. The normalized spacial score (nSPS) is 11.6. The predicted octanol–water partition coefficient (Wildman–Crippen LogP) is 2.61. The third kappa shape index (κ3) is 3.77. The van der Waals surface area contributed by atoms with Crippen molar-refractivity contribution in [3.8, 4) is 0 Å². The first-order valence-electron chi connectivity index (χ1n) is 7.42. The molecule has 0 radical (unpaired) electrons. The second-order valence-electron chi connectivity index (χ2n) is 5.61. The molecule has 0 saturated heterocycles. The second kappa shape index (κ2) is 7.04. The molecule has 0 spiro atoms. The van der Waals surface area contributed by atoms with Crippen LogP contribution in [0, 0.1) is 27.2 Å². The highest BCUT2D eigenvalue weighted by molar-refractivity contribution is 5.98. The molecular weight excluding hydrogens is 328 g/mol. The molecule has 0 atom stereocenters. The molecule has 0 fully saturated rings. The first-order valence-corrected chi connectivity index (χ1v) is 7.42. The third-order valence-electron chi connectivity index (χ3n) is 3.45. The highest BCUT2D eigenvalue weighted by atomic mass is 16.6. The fraction of sp³-hybridized carbons (Fsp3) is 0.250. The lowest BCUT2D eigenvalue weighted by atomic mass is 10.0. The van der Waals surface area contributed by atoms with Crippen LogP contribution in [0.2, 0.25) is 0 Å². The van der Waals surface area contributed by atoms with Gasteiger partial charge in [0, 0.05) is 23.9 Å². The quantitative estimate of drug-likeness (QED) is 0.623. The summed E-state index contributed by atoms with van der Waals surface area (Å²) in [5.74, 6) is -0.621. The zero-order valence-corrected chi connectivity index (χ0v) is 13.9. The van der Waals surface area contributed by atoms with Crippen LogP contribution in [0.1, 0.15) is 29.8 Å². The van der Waals surface area contributed by atoms with Crippen LogP contribution in [0.25, 0.3) is 0 Å². The van der Waals surface area contributed by atoms with E-state index in [0.29, 0.717) is 5.49 Å². The standard InChI is InChI=1S/C16H16N4O5/c1-10(2)17-15-6-4-5-7-18(15)16(21)13-8-12(19(22)23)9-14(11(13)3)20(24)25/h4-10H,1-3H3. The minimum atomic E-state index is -0.766. The molecule has 0 saturated carbocycles. The molecule has 0 aliphatic carbocycles. The summed E-state index contributed by atoms with van der Waals surface area (Å²) in [6.07, 6.45) is 1.47. The molecule has 0 aliphatic heterocycles. The molecule has 2 aromatic rings. The van der Waals surface area contributed by atoms with Crippen LogP contribution < -0.4 is 5.49 Å². The summed E-state index contributed by atoms with van der Waals surface area (Å²) in [5.41, 5.74) is -0.684. The summed E-state index contributed by atoms with van der Waals surface area (Å²) >= 11 is 0. The highest BCUT2D eigenvalue weighted by Gasteiger charge is 2.25. The Balaban J connectivity index is 2.73. The topological polar surface area (TPSA) is 121 Å². The number of rotatable bonds is 4. The number of carbonyl (C=O) groups excluding carboxylic acids is 1. The second-order valence-corrected chi connectivity index (χ2v) is 5.61. The van der Waals surface area contributed by atoms with Crippen LogP contribution in [-0.4, -0.2) is 26.4 Å². The SMILES string of the molecule is Cc1c(C(=O)n2ccccc2=NC(C)C)cc([N+](=O)[O-])cc1[N+](=O)[O-]. The molecule has 0 bridgehead atoms. The molecule has 1 aromatic carbocycles. The minimum absolute atomic E-state index is 0.0625.